The summed E-state index contributed by atoms with van der Waals surface area (Å²) in [6.45, 7) is 4.64. The summed E-state index contributed by atoms with van der Waals surface area (Å²) >= 11 is 0. The van der Waals surface area contributed by atoms with E-state index in [2.05, 4.69) is 184 Å². The first-order valence-corrected chi connectivity index (χ1v) is 19.4. The van der Waals surface area contributed by atoms with E-state index >= 15 is 0 Å². The smallest absolute Gasteiger partial charge is 0.165 e. The number of hydrogen-bond donors (Lipinski definition) is 0. The minimum Gasteiger partial charge on any atom is -0.208 e. The Hall–Kier alpha value is -6.97. The lowest BCUT2D eigenvalue weighted by Crippen LogP contribution is -2.28. The van der Waals surface area contributed by atoms with Crippen molar-refractivity contribution < 1.29 is 0 Å². The highest BCUT2D eigenvalue weighted by Crippen LogP contribution is 2.59. The maximum atomic E-state index is 5.49. The van der Waals surface area contributed by atoms with Crippen molar-refractivity contribution >= 4 is 10.8 Å². The molecule has 3 heteroatoms. The normalized spacial score (nSPS) is 14.2. The molecule has 0 aliphatic heterocycles. The van der Waals surface area contributed by atoms with Crippen molar-refractivity contribution in [2.24, 2.45) is 0 Å². The molecule has 0 amide bonds. The van der Waals surface area contributed by atoms with Crippen LogP contribution in [0.2, 0.25) is 0 Å². The molecule has 0 atom stereocenters. The molecule has 8 aromatic carbocycles. The molecule has 0 bridgehead atoms. The van der Waals surface area contributed by atoms with Crippen LogP contribution in [-0.4, -0.2) is 15.0 Å². The molecule has 9 aromatic rings. The maximum Gasteiger partial charge on any atom is 0.165 e. The first-order chi connectivity index (χ1) is 27.5. The monoisotopic (exact) mass is 715 g/mol. The van der Waals surface area contributed by atoms with Crippen molar-refractivity contribution in [3.8, 4) is 56.4 Å². The number of hydrogen-bond acceptors (Lipinski definition) is 3. The predicted octanol–water partition coefficient (Wildman–Crippen LogP) is 12.7. The molecular weight excluding hydrogens is 679 g/mol. The second kappa shape index (κ2) is 12.3. The van der Waals surface area contributed by atoms with Crippen LogP contribution in [0.4, 0.5) is 0 Å². The van der Waals surface area contributed by atoms with Gasteiger partial charge in [-0.3, -0.25) is 0 Å². The van der Waals surface area contributed by atoms with E-state index in [1.165, 1.54) is 50.1 Å². The van der Waals surface area contributed by atoms with E-state index in [0.29, 0.717) is 17.5 Å². The third-order valence-electron chi connectivity index (χ3n) is 12.2. The molecule has 1 heterocycles. The zero-order chi connectivity index (χ0) is 37.4. The SMILES string of the molecule is CC1(C)c2ccccc2-c2ccc(-c3nc(-c4ccccc4)nc(-c4c5c(cc6ccccc46)C(c4ccccc4)(c4ccccc4)c4ccccc4-5)n3)cc21. The molecule has 2 aliphatic carbocycles. The third kappa shape index (κ3) is 4.61. The molecule has 264 valence electrons. The standard InChI is InChI=1S/C53H37N3/c1-52(2)43-28-16-14-26-40(43)41-31-30-36(33-45(41)52)50-54-49(34-18-6-3-7-19-34)55-51(56-50)48-39-25-13-12-20-35(39)32-46-47(48)42-27-15-17-29-44(42)53(46,37-21-8-4-9-22-37)38-23-10-5-11-24-38/h3-33H,1-2H3. The number of rotatable bonds is 5. The Bertz CT molecular complexity index is 2950. The zero-order valence-electron chi connectivity index (χ0n) is 31.2. The van der Waals surface area contributed by atoms with E-state index in [9.17, 15) is 0 Å². The minimum atomic E-state index is -0.564. The molecule has 0 unspecified atom stereocenters. The van der Waals surface area contributed by atoms with Crippen molar-refractivity contribution in [2.45, 2.75) is 24.7 Å². The van der Waals surface area contributed by atoms with E-state index in [0.717, 1.165) is 33.0 Å². The molecule has 0 saturated carbocycles. The Morgan fingerprint density at radius 3 is 1.61 bits per heavy atom. The summed E-state index contributed by atoms with van der Waals surface area (Å²) in [7, 11) is 0. The molecule has 3 nitrogen and oxygen atoms in total. The van der Waals surface area contributed by atoms with E-state index in [1.807, 2.05) is 18.2 Å². The van der Waals surface area contributed by atoms with Gasteiger partial charge in [0.15, 0.2) is 17.5 Å². The van der Waals surface area contributed by atoms with Crippen LogP contribution in [0.25, 0.3) is 67.2 Å². The highest BCUT2D eigenvalue weighted by Gasteiger charge is 2.47. The van der Waals surface area contributed by atoms with E-state index in [-0.39, 0.29) is 5.41 Å². The van der Waals surface area contributed by atoms with Gasteiger partial charge in [-0.1, -0.05) is 190 Å². The topological polar surface area (TPSA) is 38.7 Å². The molecule has 0 radical (unpaired) electrons. The van der Waals surface area contributed by atoms with Crippen LogP contribution in [0.3, 0.4) is 0 Å². The van der Waals surface area contributed by atoms with E-state index in [4.69, 9.17) is 15.0 Å². The van der Waals surface area contributed by atoms with Crippen LogP contribution in [-0.2, 0) is 10.8 Å². The number of benzene rings is 8. The summed E-state index contributed by atoms with van der Waals surface area (Å²) in [5, 5.41) is 2.25. The molecule has 0 spiro atoms. The Labute approximate surface area is 327 Å². The van der Waals surface area contributed by atoms with Crippen LogP contribution in [0.1, 0.15) is 47.2 Å². The fourth-order valence-electron chi connectivity index (χ4n) is 9.67. The molecule has 56 heavy (non-hydrogen) atoms. The van der Waals surface area contributed by atoms with Gasteiger partial charge in [-0.2, -0.15) is 0 Å². The lowest BCUT2D eigenvalue weighted by atomic mass is 9.67. The quantitative estimate of drug-likeness (QED) is 0.178. The Morgan fingerprint density at radius 2 is 0.893 bits per heavy atom. The highest BCUT2D eigenvalue weighted by molar-refractivity contribution is 6.08. The van der Waals surface area contributed by atoms with Gasteiger partial charge in [0.2, 0.25) is 0 Å². The second-order valence-electron chi connectivity index (χ2n) is 15.5. The summed E-state index contributed by atoms with van der Waals surface area (Å²) in [6, 6.07) is 67.8. The molecule has 2 aliphatic rings. The first-order valence-electron chi connectivity index (χ1n) is 19.4. The molecule has 0 fully saturated rings. The lowest BCUT2D eigenvalue weighted by Gasteiger charge is -2.34. The molecule has 11 rings (SSSR count). The van der Waals surface area contributed by atoms with E-state index < -0.39 is 5.41 Å². The maximum absolute atomic E-state index is 5.49. The summed E-state index contributed by atoms with van der Waals surface area (Å²) in [5.74, 6) is 1.98. The van der Waals surface area contributed by atoms with Crippen LogP contribution in [0.15, 0.2) is 188 Å². The van der Waals surface area contributed by atoms with Crippen molar-refractivity contribution in [1.29, 1.82) is 0 Å². The van der Waals surface area contributed by atoms with Gasteiger partial charge in [-0.25, -0.2) is 15.0 Å². The van der Waals surface area contributed by atoms with E-state index in [1.54, 1.807) is 0 Å². The van der Waals surface area contributed by atoms with Gasteiger partial charge in [-0.05, 0) is 78.5 Å². The first kappa shape index (κ1) is 32.5. The molecule has 1 aromatic heterocycles. The van der Waals surface area contributed by atoms with Gasteiger partial charge in [0.1, 0.15) is 0 Å². The fourth-order valence-corrected chi connectivity index (χ4v) is 9.67. The number of nitrogens with zero attached hydrogens (tertiary/aromatic N) is 3. The van der Waals surface area contributed by atoms with Crippen LogP contribution < -0.4 is 0 Å². The third-order valence-corrected chi connectivity index (χ3v) is 12.2. The Kier molecular flexibility index (Phi) is 7.11. The van der Waals surface area contributed by atoms with Crippen LogP contribution >= 0.6 is 0 Å². The number of aromatic nitrogens is 3. The largest absolute Gasteiger partial charge is 0.208 e. The van der Waals surface area contributed by atoms with Crippen molar-refractivity contribution in [3.05, 3.63) is 221 Å². The number of fused-ring (bicyclic) bond motifs is 7. The average molecular weight is 716 g/mol. The molecule has 0 saturated heterocycles. The van der Waals surface area contributed by atoms with Crippen molar-refractivity contribution in [1.82, 2.24) is 15.0 Å². The fraction of sp³-hybridized carbons (Fsp3) is 0.0755. The molecule has 0 N–H and O–H groups in total. The second-order valence-corrected chi connectivity index (χ2v) is 15.5. The predicted molar refractivity (Wildman–Crippen MR) is 229 cm³/mol. The van der Waals surface area contributed by atoms with Gasteiger partial charge in [0.25, 0.3) is 0 Å². The highest BCUT2D eigenvalue weighted by atomic mass is 15.0. The summed E-state index contributed by atoms with van der Waals surface area (Å²) in [5.41, 5.74) is 14.7. The summed E-state index contributed by atoms with van der Waals surface area (Å²) < 4.78 is 0. The van der Waals surface area contributed by atoms with Gasteiger partial charge in [0.05, 0.1) is 5.41 Å². The Balaban J connectivity index is 1.24. The zero-order valence-corrected chi connectivity index (χ0v) is 31.2. The van der Waals surface area contributed by atoms with Gasteiger partial charge in [-0.15, -0.1) is 0 Å². The average Bonchev–Trinajstić information content (AvgIpc) is 3.68. The van der Waals surface area contributed by atoms with Crippen molar-refractivity contribution in [3.63, 3.8) is 0 Å². The van der Waals surface area contributed by atoms with Gasteiger partial charge < -0.3 is 0 Å². The summed E-state index contributed by atoms with van der Waals surface area (Å²) in [6.07, 6.45) is 0. The van der Waals surface area contributed by atoms with Crippen molar-refractivity contribution in [2.75, 3.05) is 0 Å². The van der Waals surface area contributed by atoms with Crippen LogP contribution in [0, 0.1) is 0 Å². The van der Waals surface area contributed by atoms with Gasteiger partial charge in [0, 0.05) is 22.1 Å². The summed E-state index contributed by atoms with van der Waals surface area (Å²) in [4.78, 5) is 16.1. The lowest BCUT2D eigenvalue weighted by molar-refractivity contribution is 0.660. The molecular formula is C53H37N3. The Morgan fingerprint density at radius 1 is 0.357 bits per heavy atom. The van der Waals surface area contributed by atoms with Gasteiger partial charge >= 0.3 is 0 Å². The minimum absolute atomic E-state index is 0.154. The van der Waals surface area contributed by atoms with Crippen LogP contribution in [0.5, 0.6) is 0 Å².